The van der Waals surface area contributed by atoms with Crippen LogP contribution in [0, 0.1) is 5.92 Å². The van der Waals surface area contributed by atoms with Gasteiger partial charge in [-0.2, -0.15) is 0 Å². The van der Waals surface area contributed by atoms with Crippen molar-refractivity contribution in [2.24, 2.45) is 5.92 Å². The molecule has 1 heterocycles. The van der Waals surface area contributed by atoms with Crippen LogP contribution in [0.15, 0.2) is 28.7 Å². The molecule has 0 saturated carbocycles. The van der Waals surface area contributed by atoms with E-state index < -0.39 is 0 Å². The first-order chi connectivity index (χ1) is 7.14. The highest BCUT2D eigenvalue weighted by Crippen LogP contribution is 2.40. The fraction of sp³-hybridized carbons (Fsp3) is 0.538. The molecule has 82 valence electrons. The third-order valence-corrected chi connectivity index (χ3v) is 3.85. The van der Waals surface area contributed by atoms with Crippen LogP contribution in [-0.4, -0.2) is 6.54 Å². The Balaban J connectivity index is 2.30. The van der Waals surface area contributed by atoms with Gasteiger partial charge >= 0.3 is 0 Å². The molecule has 1 nitrogen and oxygen atoms in total. The van der Waals surface area contributed by atoms with E-state index in [1.807, 2.05) is 0 Å². The van der Waals surface area contributed by atoms with Crippen LogP contribution >= 0.6 is 15.9 Å². The number of halogens is 1. The Morgan fingerprint density at radius 3 is 2.53 bits per heavy atom. The van der Waals surface area contributed by atoms with Gasteiger partial charge in [0.15, 0.2) is 0 Å². The minimum atomic E-state index is 0.230. The lowest BCUT2D eigenvalue weighted by Gasteiger charge is -2.45. The van der Waals surface area contributed by atoms with Crippen LogP contribution in [0.5, 0.6) is 0 Å². The Labute approximate surface area is 100 Å². The van der Waals surface area contributed by atoms with E-state index in [0.717, 1.165) is 12.5 Å². The molecule has 1 N–H and O–H groups in total. The normalized spacial score (nSPS) is 25.3. The van der Waals surface area contributed by atoms with Crippen molar-refractivity contribution in [1.29, 1.82) is 0 Å². The molecule has 1 aliphatic heterocycles. The first kappa shape index (κ1) is 11.2. The second-order valence-corrected chi connectivity index (χ2v) is 5.69. The first-order valence-corrected chi connectivity index (χ1v) is 6.43. The van der Waals surface area contributed by atoms with Crippen LogP contribution in [0.2, 0.25) is 0 Å². The second kappa shape index (κ2) is 4.26. The van der Waals surface area contributed by atoms with Crippen LogP contribution < -0.4 is 5.32 Å². The van der Waals surface area contributed by atoms with E-state index in [0.29, 0.717) is 0 Å². The van der Waals surface area contributed by atoms with Gasteiger partial charge in [0.05, 0.1) is 0 Å². The van der Waals surface area contributed by atoms with E-state index in [9.17, 15) is 0 Å². The topological polar surface area (TPSA) is 12.0 Å². The summed E-state index contributed by atoms with van der Waals surface area (Å²) in [4.78, 5) is 0. The highest BCUT2D eigenvalue weighted by atomic mass is 79.9. The average molecular weight is 268 g/mol. The van der Waals surface area contributed by atoms with Crippen molar-refractivity contribution in [2.45, 2.75) is 32.2 Å². The van der Waals surface area contributed by atoms with E-state index in [1.165, 1.54) is 22.9 Å². The molecule has 1 aromatic carbocycles. The minimum Gasteiger partial charge on any atom is -0.307 e. The molecule has 0 bridgehead atoms. The highest BCUT2D eigenvalue weighted by Gasteiger charge is 2.39. The molecular weight excluding hydrogens is 250 g/mol. The third kappa shape index (κ3) is 2.11. The summed E-state index contributed by atoms with van der Waals surface area (Å²) in [6.07, 6.45) is 2.48. The van der Waals surface area contributed by atoms with Crippen molar-refractivity contribution < 1.29 is 0 Å². The highest BCUT2D eigenvalue weighted by molar-refractivity contribution is 9.10. The second-order valence-electron chi connectivity index (χ2n) is 4.84. The number of nitrogens with one attached hydrogen (secondary N) is 1. The van der Waals surface area contributed by atoms with E-state index in [-0.39, 0.29) is 5.54 Å². The molecule has 1 fully saturated rings. The molecule has 1 saturated heterocycles. The number of rotatable bonds is 3. The standard InChI is InChI=1S/C13H18BrN/c1-10(2)9-13(7-8-15-13)11-5-3-4-6-12(11)14/h3-6,10,15H,7-9H2,1-2H3. The fourth-order valence-corrected chi connectivity index (χ4v) is 3.15. The summed E-state index contributed by atoms with van der Waals surface area (Å²) in [7, 11) is 0. The summed E-state index contributed by atoms with van der Waals surface area (Å²) in [5.74, 6) is 0.727. The summed E-state index contributed by atoms with van der Waals surface area (Å²) in [6, 6.07) is 8.58. The predicted molar refractivity (Wildman–Crippen MR) is 67.9 cm³/mol. The monoisotopic (exact) mass is 267 g/mol. The molecule has 2 heteroatoms. The predicted octanol–water partition coefficient (Wildman–Crippen LogP) is 3.68. The number of hydrogen-bond acceptors (Lipinski definition) is 1. The molecule has 1 unspecified atom stereocenters. The molecule has 1 aromatic rings. The van der Waals surface area contributed by atoms with Gasteiger partial charge in [0.2, 0.25) is 0 Å². The van der Waals surface area contributed by atoms with Crippen molar-refractivity contribution in [1.82, 2.24) is 5.32 Å². The van der Waals surface area contributed by atoms with E-state index in [4.69, 9.17) is 0 Å². The zero-order chi connectivity index (χ0) is 10.9. The van der Waals surface area contributed by atoms with Gasteiger partial charge in [-0.05, 0) is 36.9 Å². The maximum atomic E-state index is 3.66. The lowest BCUT2D eigenvalue weighted by Crippen LogP contribution is -2.54. The van der Waals surface area contributed by atoms with Crippen molar-refractivity contribution in [3.63, 3.8) is 0 Å². The van der Waals surface area contributed by atoms with Crippen LogP contribution in [0.1, 0.15) is 32.3 Å². The van der Waals surface area contributed by atoms with Gasteiger partial charge in [-0.25, -0.2) is 0 Å². The minimum absolute atomic E-state index is 0.230. The average Bonchev–Trinajstić information content (AvgIpc) is 2.12. The quantitative estimate of drug-likeness (QED) is 0.881. The van der Waals surface area contributed by atoms with Crippen LogP contribution in [0.25, 0.3) is 0 Å². The van der Waals surface area contributed by atoms with Crippen LogP contribution in [0.3, 0.4) is 0 Å². The lowest BCUT2D eigenvalue weighted by molar-refractivity contribution is 0.169. The Hall–Kier alpha value is -0.340. The molecule has 0 aliphatic carbocycles. The molecule has 0 spiro atoms. The molecule has 0 radical (unpaired) electrons. The van der Waals surface area contributed by atoms with E-state index in [1.54, 1.807) is 0 Å². The van der Waals surface area contributed by atoms with Crippen molar-refractivity contribution in [2.75, 3.05) is 6.54 Å². The smallest absolute Gasteiger partial charge is 0.0460 e. The Morgan fingerprint density at radius 1 is 1.40 bits per heavy atom. The van der Waals surface area contributed by atoms with Gasteiger partial charge in [-0.3, -0.25) is 0 Å². The Bertz CT molecular complexity index is 342. The van der Waals surface area contributed by atoms with Gasteiger partial charge in [-0.15, -0.1) is 0 Å². The molecule has 2 rings (SSSR count). The van der Waals surface area contributed by atoms with Crippen LogP contribution in [-0.2, 0) is 5.54 Å². The summed E-state index contributed by atoms with van der Waals surface area (Å²) >= 11 is 3.66. The fourth-order valence-electron chi connectivity index (χ4n) is 2.49. The SMILES string of the molecule is CC(C)CC1(c2ccccc2Br)CCN1. The first-order valence-electron chi connectivity index (χ1n) is 5.64. The Morgan fingerprint density at radius 2 is 2.07 bits per heavy atom. The molecular formula is C13H18BrN. The van der Waals surface area contributed by atoms with Gasteiger partial charge in [0, 0.05) is 10.0 Å². The number of benzene rings is 1. The zero-order valence-electron chi connectivity index (χ0n) is 9.39. The summed E-state index contributed by atoms with van der Waals surface area (Å²) in [5.41, 5.74) is 1.65. The number of hydrogen-bond donors (Lipinski definition) is 1. The van der Waals surface area contributed by atoms with Gasteiger partial charge < -0.3 is 5.32 Å². The summed E-state index contributed by atoms with van der Waals surface area (Å²) < 4.78 is 1.23. The molecule has 1 aliphatic rings. The van der Waals surface area contributed by atoms with Gasteiger partial charge in [-0.1, -0.05) is 48.0 Å². The third-order valence-electron chi connectivity index (χ3n) is 3.16. The summed E-state index contributed by atoms with van der Waals surface area (Å²) in [6.45, 7) is 5.73. The van der Waals surface area contributed by atoms with Gasteiger partial charge in [0.25, 0.3) is 0 Å². The van der Waals surface area contributed by atoms with E-state index >= 15 is 0 Å². The van der Waals surface area contributed by atoms with E-state index in [2.05, 4.69) is 59.4 Å². The van der Waals surface area contributed by atoms with Crippen molar-refractivity contribution in [3.05, 3.63) is 34.3 Å². The maximum Gasteiger partial charge on any atom is 0.0460 e. The van der Waals surface area contributed by atoms with Crippen LogP contribution in [0.4, 0.5) is 0 Å². The molecule has 0 aromatic heterocycles. The maximum absolute atomic E-state index is 3.66. The zero-order valence-corrected chi connectivity index (χ0v) is 11.0. The molecule has 0 amide bonds. The van der Waals surface area contributed by atoms with Crippen molar-refractivity contribution >= 4 is 15.9 Å². The summed E-state index contributed by atoms with van der Waals surface area (Å²) in [5, 5.41) is 3.62. The molecule has 1 atom stereocenters. The largest absolute Gasteiger partial charge is 0.307 e. The van der Waals surface area contributed by atoms with Gasteiger partial charge in [0.1, 0.15) is 0 Å². The molecule has 15 heavy (non-hydrogen) atoms. The van der Waals surface area contributed by atoms with Crippen molar-refractivity contribution in [3.8, 4) is 0 Å². The lowest BCUT2D eigenvalue weighted by atomic mass is 9.75. The Kier molecular flexibility index (Phi) is 3.17.